The first-order valence-corrected chi connectivity index (χ1v) is 6.04. The fourth-order valence-corrected chi connectivity index (χ4v) is 1.55. The third-order valence-electron chi connectivity index (χ3n) is 2.17. The average Bonchev–Trinajstić information content (AvgIpc) is 2.40. The van der Waals surface area contributed by atoms with Gasteiger partial charge in [0.1, 0.15) is 0 Å². The van der Waals surface area contributed by atoms with Gasteiger partial charge in [-0.3, -0.25) is 9.78 Å². The number of halogens is 1. The summed E-state index contributed by atoms with van der Waals surface area (Å²) in [6, 6.07) is 10.7. The number of carbonyl (C=O) groups is 1. The molecule has 5 heteroatoms. The molecule has 1 N–H and O–H groups in total. The molecule has 18 heavy (non-hydrogen) atoms. The molecule has 2 aromatic rings. The highest BCUT2D eigenvalue weighted by molar-refractivity contribution is 9.10. The second-order valence-electron chi connectivity index (χ2n) is 3.49. The normalized spacial score (nSPS) is 10.5. The number of rotatable bonds is 3. The Kier molecular flexibility index (Phi) is 4.20. The summed E-state index contributed by atoms with van der Waals surface area (Å²) in [4.78, 5) is 15.6. The van der Waals surface area contributed by atoms with Crippen molar-refractivity contribution >= 4 is 28.1 Å². The van der Waals surface area contributed by atoms with Crippen LogP contribution < -0.4 is 5.43 Å². The molecule has 0 aliphatic heterocycles. The van der Waals surface area contributed by atoms with E-state index in [1.54, 1.807) is 48.9 Å². The van der Waals surface area contributed by atoms with Crippen molar-refractivity contribution in [2.45, 2.75) is 0 Å². The van der Waals surface area contributed by atoms with E-state index in [0.717, 1.165) is 10.0 Å². The van der Waals surface area contributed by atoms with Crippen LogP contribution in [0.25, 0.3) is 0 Å². The summed E-state index contributed by atoms with van der Waals surface area (Å²) in [5.74, 6) is -0.248. The lowest BCUT2D eigenvalue weighted by Crippen LogP contribution is -2.17. The van der Waals surface area contributed by atoms with Crippen LogP contribution in [-0.4, -0.2) is 17.1 Å². The van der Waals surface area contributed by atoms with E-state index in [2.05, 4.69) is 31.4 Å². The van der Waals surface area contributed by atoms with E-state index in [4.69, 9.17) is 0 Å². The highest BCUT2D eigenvalue weighted by Gasteiger charge is 2.02. The Morgan fingerprint density at radius 3 is 2.72 bits per heavy atom. The number of nitrogens with zero attached hydrogens (tertiary/aromatic N) is 2. The Morgan fingerprint density at radius 2 is 2.06 bits per heavy atom. The van der Waals surface area contributed by atoms with Crippen LogP contribution in [-0.2, 0) is 0 Å². The van der Waals surface area contributed by atoms with E-state index in [9.17, 15) is 4.79 Å². The van der Waals surface area contributed by atoms with Gasteiger partial charge in [0.25, 0.3) is 5.91 Å². The van der Waals surface area contributed by atoms with Gasteiger partial charge in [-0.2, -0.15) is 5.10 Å². The number of hydrazone groups is 1. The van der Waals surface area contributed by atoms with Crippen LogP contribution in [0.3, 0.4) is 0 Å². The van der Waals surface area contributed by atoms with Crippen LogP contribution in [0, 0.1) is 0 Å². The lowest BCUT2D eigenvalue weighted by Gasteiger charge is -1.99. The first-order valence-electron chi connectivity index (χ1n) is 5.25. The predicted molar refractivity (Wildman–Crippen MR) is 73.4 cm³/mol. The first-order chi connectivity index (χ1) is 8.75. The van der Waals surface area contributed by atoms with Crippen LogP contribution in [0.2, 0.25) is 0 Å². The summed E-state index contributed by atoms with van der Waals surface area (Å²) < 4.78 is 0.929. The molecule has 90 valence electrons. The molecule has 0 fully saturated rings. The minimum Gasteiger partial charge on any atom is -0.267 e. The lowest BCUT2D eigenvalue weighted by molar-refractivity contribution is 0.0955. The third-order valence-corrected chi connectivity index (χ3v) is 2.70. The molecule has 0 aliphatic carbocycles. The SMILES string of the molecule is O=C(NN=Cc1cccnc1)c1ccc(Br)cc1. The predicted octanol–water partition coefficient (Wildman–Crippen LogP) is 2.61. The van der Waals surface area contributed by atoms with Crippen molar-refractivity contribution in [2.24, 2.45) is 5.10 Å². The van der Waals surface area contributed by atoms with Crippen molar-refractivity contribution in [3.05, 3.63) is 64.4 Å². The zero-order chi connectivity index (χ0) is 12.8. The molecule has 1 heterocycles. The monoisotopic (exact) mass is 303 g/mol. The van der Waals surface area contributed by atoms with E-state index in [1.807, 2.05) is 6.07 Å². The van der Waals surface area contributed by atoms with E-state index in [0.29, 0.717) is 5.56 Å². The maximum Gasteiger partial charge on any atom is 0.271 e. The quantitative estimate of drug-likeness (QED) is 0.700. The molecular weight excluding hydrogens is 294 g/mol. The van der Waals surface area contributed by atoms with E-state index in [-0.39, 0.29) is 5.91 Å². The molecule has 0 bridgehead atoms. The number of pyridine rings is 1. The van der Waals surface area contributed by atoms with Gasteiger partial charge in [-0.25, -0.2) is 5.43 Å². The standard InChI is InChI=1S/C13H10BrN3O/c14-12-5-3-11(4-6-12)13(18)17-16-9-10-2-1-7-15-8-10/h1-9H,(H,17,18). The fraction of sp³-hybridized carbons (Fsp3) is 0. The largest absolute Gasteiger partial charge is 0.271 e. The Labute approximate surface area is 113 Å². The van der Waals surface area contributed by atoms with Crippen LogP contribution in [0.1, 0.15) is 15.9 Å². The van der Waals surface area contributed by atoms with Crippen LogP contribution in [0.5, 0.6) is 0 Å². The molecule has 4 nitrogen and oxygen atoms in total. The van der Waals surface area contributed by atoms with Crippen LogP contribution in [0.15, 0.2) is 58.4 Å². The van der Waals surface area contributed by atoms with Gasteiger partial charge in [-0.15, -0.1) is 0 Å². The molecule has 0 atom stereocenters. The maximum absolute atomic E-state index is 11.7. The van der Waals surface area contributed by atoms with Crippen LogP contribution >= 0.6 is 15.9 Å². The second-order valence-corrected chi connectivity index (χ2v) is 4.41. The summed E-state index contributed by atoms with van der Waals surface area (Å²) in [6.45, 7) is 0. The Balaban J connectivity index is 1.96. The molecule has 1 amide bonds. The van der Waals surface area contributed by atoms with Crippen molar-refractivity contribution in [3.63, 3.8) is 0 Å². The van der Waals surface area contributed by atoms with Crippen LogP contribution in [0.4, 0.5) is 0 Å². The van der Waals surface area contributed by atoms with E-state index >= 15 is 0 Å². The van der Waals surface area contributed by atoms with Gasteiger partial charge in [-0.05, 0) is 30.3 Å². The summed E-state index contributed by atoms with van der Waals surface area (Å²) in [7, 11) is 0. The number of carbonyl (C=O) groups excluding carboxylic acids is 1. The minimum absolute atomic E-state index is 0.248. The molecule has 0 aliphatic rings. The Morgan fingerprint density at radius 1 is 1.28 bits per heavy atom. The Bertz CT molecular complexity index is 552. The van der Waals surface area contributed by atoms with Gasteiger partial charge >= 0.3 is 0 Å². The summed E-state index contributed by atoms with van der Waals surface area (Å²) in [6.07, 6.45) is 4.89. The van der Waals surface area contributed by atoms with Gasteiger partial charge in [0.05, 0.1) is 6.21 Å². The van der Waals surface area contributed by atoms with Crippen molar-refractivity contribution in [2.75, 3.05) is 0 Å². The number of benzene rings is 1. The minimum atomic E-state index is -0.248. The number of nitrogens with one attached hydrogen (secondary N) is 1. The van der Waals surface area contributed by atoms with Gasteiger partial charge in [-0.1, -0.05) is 22.0 Å². The number of aromatic nitrogens is 1. The average molecular weight is 304 g/mol. The lowest BCUT2D eigenvalue weighted by atomic mass is 10.2. The van der Waals surface area contributed by atoms with Crippen molar-refractivity contribution in [3.8, 4) is 0 Å². The molecule has 2 rings (SSSR count). The first kappa shape index (κ1) is 12.4. The van der Waals surface area contributed by atoms with Gasteiger partial charge < -0.3 is 0 Å². The van der Waals surface area contributed by atoms with Crippen molar-refractivity contribution in [1.82, 2.24) is 10.4 Å². The molecule has 0 saturated carbocycles. The molecule has 0 radical (unpaired) electrons. The zero-order valence-electron chi connectivity index (χ0n) is 9.38. The topological polar surface area (TPSA) is 54.4 Å². The molecule has 0 spiro atoms. The number of amides is 1. The number of hydrogen-bond donors (Lipinski definition) is 1. The maximum atomic E-state index is 11.7. The molecule has 1 aromatic carbocycles. The molecule has 0 saturated heterocycles. The van der Waals surface area contributed by atoms with Gasteiger partial charge in [0, 0.05) is 28.0 Å². The zero-order valence-corrected chi connectivity index (χ0v) is 11.0. The summed E-state index contributed by atoms with van der Waals surface area (Å²) in [5.41, 5.74) is 3.84. The fourth-order valence-electron chi connectivity index (χ4n) is 1.28. The molecular formula is C13H10BrN3O. The number of hydrogen-bond acceptors (Lipinski definition) is 3. The van der Waals surface area contributed by atoms with Gasteiger partial charge in [0.2, 0.25) is 0 Å². The van der Waals surface area contributed by atoms with Crippen molar-refractivity contribution in [1.29, 1.82) is 0 Å². The highest BCUT2D eigenvalue weighted by atomic mass is 79.9. The van der Waals surface area contributed by atoms with Crippen molar-refractivity contribution < 1.29 is 4.79 Å². The van der Waals surface area contributed by atoms with E-state index < -0.39 is 0 Å². The second kappa shape index (κ2) is 6.07. The summed E-state index contributed by atoms with van der Waals surface area (Å²) in [5, 5.41) is 3.86. The van der Waals surface area contributed by atoms with E-state index in [1.165, 1.54) is 0 Å². The van der Waals surface area contributed by atoms with Gasteiger partial charge in [0.15, 0.2) is 0 Å². The highest BCUT2D eigenvalue weighted by Crippen LogP contribution is 2.10. The molecule has 1 aromatic heterocycles. The smallest absolute Gasteiger partial charge is 0.267 e. The third kappa shape index (κ3) is 3.49. The Hall–Kier alpha value is -2.01. The molecule has 0 unspecified atom stereocenters. The summed E-state index contributed by atoms with van der Waals surface area (Å²) >= 11 is 3.31.